The van der Waals surface area contributed by atoms with Crippen LogP contribution in [0.5, 0.6) is 0 Å². The Balaban J connectivity index is 1.60. The molecule has 3 atom stereocenters. The molecule has 2 fully saturated rings. The number of nitrogens with one attached hydrogen (secondary N) is 2. The zero-order chi connectivity index (χ0) is 19.6. The molecular formula is C18H23N3O5S. The van der Waals surface area contributed by atoms with Crippen LogP contribution in [0.25, 0.3) is 0 Å². The molecule has 0 aromatic heterocycles. The molecule has 2 saturated heterocycles. The Morgan fingerprint density at radius 2 is 1.96 bits per heavy atom. The number of amides is 3. The number of piperidine rings is 1. The maximum atomic E-state index is 12.4. The highest BCUT2D eigenvalue weighted by Crippen LogP contribution is 2.23. The van der Waals surface area contributed by atoms with Gasteiger partial charge in [0.15, 0.2) is 9.84 Å². The lowest BCUT2D eigenvalue weighted by atomic mass is 9.92. The van der Waals surface area contributed by atoms with Crippen molar-refractivity contribution in [2.45, 2.75) is 49.2 Å². The molecule has 0 aliphatic carbocycles. The minimum atomic E-state index is -3.72. The minimum Gasteiger partial charge on any atom is -0.352 e. The number of benzene rings is 1. The van der Waals surface area contributed by atoms with Crippen LogP contribution in [0.3, 0.4) is 0 Å². The van der Waals surface area contributed by atoms with E-state index in [-0.39, 0.29) is 29.2 Å². The van der Waals surface area contributed by atoms with Crippen LogP contribution >= 0.6 is 0 Å². The number of nitrogens with zero attached hydrogens (tertiary/aromatic N) is 1. The van der Waals surface area contributed by atoms with Crippen LogP contribution in [0.1, 0.15) is 26.2 Å². The van der Waals surface area contributed by atoms with Gasteiger partial charge in [-0.3, -0.25) is 14.4 Å². The molecule has 2 heterocycles. The van der Waals surface area contributed by atoms with Gasteiger partial charge in [0.05, 0.1) is 4.90 Å². The van der Waals surface area contributed by atoms with Gasteiger partial charge in [0, 0.05) is 12.6 Å². The van der Waals surface area contributed by atoms with Crippen molar-refractivity contribution in [1.29, 1.82) is 0 Å². The quantitative estimate of drug-likeness (QED) is 0.722. The minimum absolute atomic E-state index is 0.0952. The van der Waals surface area contributed by atoms with Crippen LogP contribution in [0.15, 0.2) is 35.2 Å². The fourth-order valence-electron chi connectivity index (χ4n) is 3.57. The summed E-state index contributed by atoms with van der Waals surface area (Å²) >= 11 is 0. The van der Waals surface area contributed by atoms with Gasteiger partial charge in [-0.2, -0.15) is 0 Å². The number of fused-ring (bicyclic) bond motifs is 1. The van der Waals surface area contributed by atoms with E-state index in [9.17, 15) is 22.8 Å². The largest absolute Gasteiger partial charge is 0.352 e. The van der Waals surface area contributed by atoms with Crippen molar-refractivity contribution in [2.24, 2.45) is 0 Å². The molecule has 1 aromatic carbocycles. The molecule has 27 heavy (non-hydrogen) atoms. The average molecular weight is 393 g/mol. The number of carbonyl (C=O) groups excluding carboxylic acids is 3. The van der Waals surface area contributed by atoms with Crippen LogP contribution in [0.4, 0.5) is 0 Å². The third kappa shape index (κ3) is 4.13. The normalized spacial score (nSPS) is 25.5. The van der Waals surface area contributed by atoms with E-state index in [4.69, 9.17) is 0 Å². The van der Waals surface area contributed by atoms with Crippen LogP contribution in [0, 0.1) is 0 Å². The molecule has 0 saturated carbocycles. The standard InChI is InChI=1S/C18H23N3O5S/c1-2-14-18(24)21-9-8-12(10-15(21)17(23)20-14)19-16(22)11-27(25,26)13-6-4-3-5-7-13/h3-7,12,14-15H,2,8-11H2,1H3,(H,19,22)(H,20,23). The van der Waals surface area contributed by atoms with E-state index in [2.05, 4.69) is 10.6 Å². The molecule has 2 aliphatic heterocycles. The SMILES string of the molecule is CCC1NC(=O)C2CC(NC(=O)CS(=O)(=O)c3ccccc3)CCN2C1=O. The molecule has 2 aliphatic rings. The van der Waals surface area contributed by atoms with Gasteiger partial charge in [0.25, 0.3) is 0 Å². The van der Waals surface area contributed by atoms with Gasteiger partial charge in [0.1, 0.15) is 17.8 Å². The van der Waals surface area contributed by atoms with Gasteiger partial charge in [0.2, 0.25) is 17.7 Å². The summed E-state index contributed by atoms with van der Waals surface area (Å²) in [4.78, 5) is 38.5. The number of piperazine rings is 1. The van der Waals surface area contributed by atoms with Crippen molar-refractivity contribution in [3.05, 3.63) is 30.3 Å². The van der Waals surface area contributed by atoms with Gasteiger partial charge < -0.3 is 15.5 Å². The number of hydrogen-bond donors (Lipinski definition) is 2. The van der Waals surface area contributed by atoms with Crippen LogP contribution in [-0.4, -0.2) is 61.5 Å². The first-order valence-electron chi connectivity index (χ1n) is 9.00. The highest BCUT2D eigenvalue weighted by molar-refractivity contribution is 7.92. The second kappa shape index (κ2) is 7.67. The first-order chi connectivity index (χ1) is 12.8. The van der Waals surface area contributed by atoms with E-state index in [1.54, 1.807) is 23.1 Å². The average Bonchev–Trinajstić information content (AvgIpc) is 2.65. The fraction of sp³-hybridized carbons (Fsp3) is 0.500. The molecule has 0 radical (unpaired) electrons. The third-order valence-electron chi connectivity index (χ3n) is 5.00. The molecular weight excluding hydrogens is 370 g/mol. The van der Waals surface area contributed by atoms with E-state index in [1.165, 1.54) is 12.1 Å². The topological polar surface area (TPSA) is 113 Å². The first-order valence-corrected chi connectivity index (χ1v) is 10.6. The molecule has 3 rings (SSSR count). The molecule has 146 valence electrons. The summed E-state index contributed by atoms with van der Waals surface area (Å²) in [6.07, 6.45) is 1.31. The monoisotopic (exact) mass is 393 g/mol. The predicted octanol–water partition coefficient (Wildman–Crippen LogP) is -0.155. The predicted molar refractivity (Wildman–Crippen MR) is 97.4 cm³/mol. The van der Waals surface area contributed by atoms with E-state index in [1.807, 2.05) is 6.92 Å². The number of rotatable bonds is 5. The lowest BCUT2D eigenvalue weighted by Gasteiger charge is -2.44. The zero-order valence-corrected chi connectivity index (χ0v) is 15.9. The van der Waals surface area contributed by atoms with Crippen molar-refractivity contribution in [2.75, 3.05) is 12.3 Å². The van der Waals surface area contributed by atoms with Crippen molar-refractivity contribution in [3.63, 3.8) is 0 Å². The van der Waals surface area contributed by atoms with Gasteiger partial charge in [-0.1, -0.05) is 25.1 Å². The first kappa shape index (κ1) is 19.3. The number of sulfone groups is 1. The van der Waals surface area contributed by atoms with Crippen molar-refractivity contribution in [1.82, 2.24) is 15.5 Å². The molecule has 9 heteroatoms. The molecule has 3 amide bonds. The summed E-state index contributed by atoms with van der Waals surface area (Å²) in [7, 11) is -3.72. The molecule has 0 bridgehead atoms. The fourth-order valence-corrected chi connectivity index (χ4v) is 4.74. The zero-order valence-electron chi connectivity index (χ0n) is 15.1. The maximum absolute atomic E-state index is 12.4. The molecule has 3 unspecified atom stereocenters. The van der Waals surface area contributed by atoms with Gasteiger partial charge in [-0.15, -0.1) is 0 Å². The van der Waals surface area contributed by atoms with Crippen molar-refractivity contribution >= 4 is 27.6 Å². The maximum Gasteiger partial charge on any atom is 0.245 e. The Morgan fingerprint density at radius 3 is 2.63 bits per heavy atom. The van der Waals surface area contributed by atoms with E-state index >= 15 is 0 Å². The lowest BCUT2D eigenvalue weighted by molar-refractivity contribution is -0.151. The third-order valence-corrected chi connectivity index (χ3v) is 6.63. The van der Waals surface area contributed by atoms with Crippen LogP contribution in [-0.2, 0) is 24.2 Å². The van der Waals surface area contributed by atoms with Gasteiger partial charge >= 0.3 is 0 Å². The summed E-state index contributed by atoms with van der Waals surface area (Å²) in [6.45, 7) is 2.20. The Hall–Kier alpha value is -2.42. The summed E-state index contributed by atoms with van der Waals surface area (Å²) < 4.78 is 24.6. The number of carbonyl (C=O) groups is 3. The smallest absolute Gasteiger partial charge is 0.245 e. The van der Waals surface area contributed by atoms with E-state index in [0.717, 1.165) is 0 Å². The Labute approximate surface area is 158 Å². The second-order valence-corrected chi connectivity index (χ2v) is 8.87. The van der Waals surface area contributed by atoms with E-state index in [0.29, 0.717) is 19.4 Å². The summed E-state index contributed by atoms with van der Waals surface area (Å²) in [5.41, 5.74) is 0. The lowest BCUT2D eigenvalue weighted by Crippen LogP contribution is -2.66. The summed E-state index contributed by atoms with van der Waals surface area (Å²) in [5.74, 6) is -1.58. The highest BCUT2D eigenvalue weighted by atomic mass is 32.2. The van der Waals surface area contributed by atoms with Crippen LogP contribution < -0.4 is 10.6 Å². The Bertz CT molecular complexity index is 840. The molecule has 2 N–H and O–H groups in total. The highest BCUT2D eigenvalue weighted by Gasteiger charge is 2.43. The van der Waals surface area contributed by atoms with Gasteiger partial charge in [-0.05, 0) is 31.4 Å². The molecule has 8 nitrogen and oxygen atoms in total. The molecule has 0 spiro atoms. The Kier molecular flexibility index (Phi) is 5.50. The number of hydrogen-bond acceptors (Lipinski definition) is 5. The van der Waals surface area contributed by atoms with Crippen molar-refractivity contribution in [3.8, 4) is 0 Å². The van der Waals surface area contributed by atoms with E-state index < -0.39 is 33.6 Å². The van der Waals surface area contributed by atoms with Crippen LogP contribution in [0.2, 0.25) is 0 Å². The van der Waals surface area contributed by atoms with Crippen molar-refractivity contribution < 1.29 is 22.8 Å². The molecule has 1 aromatic rings. The summed E-state index contributed by atoms with van der Waals surface area (Å²) in [5, 5.41) is 5.41. The van der Waals surface area contributed by atoms with Gasteiger partial charge in [-0.25, -0.2) is 8.42 Å². The Morgan fingerprint density at radius 1 is 1.26 bits per heavy atom. The summed E-state index contributed by atoms with van der Waals surface area (Å²) in [6, 6.07) is 6.34. The second-order valence-electron chi connectivity index (χ2n) is 6.88.